The Balaban J connectivity index is 1.45. The number of aromatic nitrogens is 1. The number of hydrogen-bond acceptors (Lipinski definition) is 4. The Labute approximate surface area is 184 Å². The molecule has 31 heavy (non-hydrogen) atoms. The van der Waals surface area contributed by atoms with Gasteiger partial charge in [0.25, 0.3) is 0 Å². The molecule has 0 saturated carbocycles. The van der Waals surface area contributed by atoms with Crippen LogP contribution in [0.2, 0.25) is 0 Å². The van der Waals surface area contributed by atoms with Gasteiger partial charge in [0.15, 0.2) is 0 Å². The largest absolute Gasteiger partial charge is 0.441 e. The number of carbonyl (C=O) groups is 1. The second-order valence-electron chi connectivity index (χ2n) is 8.36. The summed E-state index contributed by atoms with van der Waals surface area (Å²) >= 11 is 0. The molecule has 5 heteroatoms. The molecule has 1 fully saturated rings. The lowest BCUT2D eigenvalue weighted by Crippen LogP contribution is -2.41. The summed E-state index contributed by atoms with van der Waals surface area (Å²) < 4.78 is 6.04. The van der Waals surface area contributed by atoms with Crippen LogP contribution in [0.15, 0.2) is 59.0 Å². The zero-order valence-electron chi connectivity index (χ0n) is 18.4. The minimum atomic E-state index is 0.0395. The number of amides is 1. The molecule has 1 aliphatic heterocycles. The third kappa shape index (κ3) is 5.42. The highest BCUT2D eigenvalue weighted by Gasteiger charge is 2.24. The first kappa shape index (κ1) is 21.3. The van der Waals surface area contributed by atoms with E-state index in [1.165, 1.54) is 30.4 Å². The molecule has 0 radical (unpaired) electrons. The zero-order chi connectivity index (χ0) is 21.6. The molecular weight excluding hydrogens is 386 g/mol. The van der Waals surface area contributed by atoms with E-state index in [-0.39, 0.29) is 5.91 Å². The summed E-state index contributed by atoms with van der Waals surface area (Å²) in [7, 11) is 0. The molecule has 4 rings (SSSR count). The number of hydrogen-bond donors (Lipinski definition) is 1. The van der Waals surface area contributed by atoms with Crippen LogP contribution in [-0.2, 0) is 11.3 Å². The van der Waals surface area contributed by atoms with Gasteiger partial charge in [0.1, 0.15) is 5.76 Å². The number of benzene rings is 2. The van der Waals surface area contributed by atoms with Gasteiger partial charge in [-0.2, -0.15) is 0 Å². The van der Waals surface area contributed by atoms with Crippen molar-refractivity contribution in [3.05, 3.63) is 66.1 Å². The van der Waals surface area contributed by atoms with Gasteiger partial charge in [-0.25, -0.2) is 4.98 Å². The van der Waals surface area contributed by atoms with Crippen LogP contribution in [-0.4, -0.2) is 34.9 Å². The van der Waals surface area contributed by atoms with E-state index in [9.17, 15) is 4.79 Å². The van der Waals surface area contributed by atoms with Crippen LogP contribution >= 0.6 is 0 Å². The van der Waals surface area contributed by atoms with E-state index in [0.717, 1.165) is 43.1 Å². The van der Waals surface area contributed by atoms with E-state index < -0.39 is 0 Å². The lowest BCUT2D eigenvalue weighted by atomic mass is 9.99. The van der Waals surface area contributed by atoms with Crippen LogP contribution in [0.1, 0.15) is 44.1 Å². The van der Waals surface area contributed by atoms with Gasteiger partial charge < -0.3 is 9.73 Å². The van der Waals surface area contributed by atoms with Crippen LogP contribution in [0.5, 0.6) is 0 Å². The molecule has 0 bridgehead atoms. The van der Waals surface area contributed by atoms with Crippen molar-refractivity contribution in [2.75, 3.05) is 13.1 Å². The van der Waals surface area contributed by atoms with Crippen LogP contribution in [0, 0.1) is 6.92 Å². The van der Waals surface area contributed by atoms with Crippen molar-refractivity contribution in [2.45, 2.75) is 52.1 Å². The molecule has 0 spiro atoms. The van der Waals surface area contributed by atoms with Crippen molar-refractivity contribution in [3.63, 3.8) is 0 Å². The number of carbonyl (C=O) groups excluding carboxylic acids is 1. The molecule has 1 N–H and O–H groups in total. The molecule has 162 valence electrons. The molecule has 1 aliphatic rings. The number of nitrogens with one attached hydrogen (secondary N) is 1. The van der Waals surface area contributed by atoms with Crippen molar-refractivity contribution in [3.8, 4) is 22.6 Å². The van der Waals surface area contributed by atoms with Crippen LogP contribution in [0.25, 0.3) is 22.6 Å². The molecule has 1 atom stereocenters. The standard InChI is InChI=1S/C26H31N3O2/c1-19-25(18-29-17-7-6-10-24(29)15-16-27-20(2)30)28-26(31-19)23-13-11-22(12-14-23)21-8-4-3-5-9-21/h3-5,8-9,11-14,24H,6-7,10,15-18H2,1-2H3,(H,27,30). The SMILES string of the molecule is CC(=O)NCCC1CCCCN1Cc1nc(-c2ccc(-c3ccccc3)cc2)oc1C. The summed E-state index contributed by atoms with van der Waals surface area (Å²) in [6.07, 6.45) is 4.61. The van der Waals surface area contributed by atoms with Gasteiger partial charge in [-0.15, -0.1) is 0 Å². The molecule has 1 amide bonds. The highest BCUT2D eigenvalue weighted by molar-refractivity contribution is 5.72. The fourth-order valence-electron chi connectivity index (χ4n) is 4.34. The molecule has 3 aromatic rings. The monoisotopic (exact) mass is 417 g/mol. The zero-order valence-corrected chi connectivity index (χ0v) is 18.4. The van der Waals surface area contributed by atoms with E-state index in [1.54, 1.807) is 6.92 Å². The fraction of sp³-hybridized carbons (Fsp3) is 0.385. The van der Waals surface area contributed by atoms with Crippen molar-refractivity contribution in [2.24, 2.45) is 0 Å². The van der Waals surface area contributed by atoms with Crippen LogP contribution in [0.4, 0.5) is 0 Å². The molecule has 1 aromatic heterocycles. The van der Waals surface area contributed by atoms with Crippen molar-refractivity contribution in [1.29, 1.82) is 0 Å². The minimum Gasteiger partial charge on any atom is -0.441 e. The predicted octanol–water partition coefficient (Wildman–Crippen LogP) is 5.20. The average Bonchev–Trinajstić information content (AvgIpc) is 3.15. The molecular formula is C26H31N3O2. The Morgan fingerprint density at radius 2 is 1.77 bits per heavy atom. The van der Waals surface area contributed by atoms with Gasteiger partial charge in [-0.05, 0) is 56.0 Å². The summed E-state index contributed by atoms with van der Waals surface area (Å²) in [5, 5.41) is 2.93. The van der Waals surface area contributed by atoms with E-state index in [4.69, 9.17) is 9.40 Å². The predicted molar refractivity (Wildman–Crippen MR) is 123 cm³/mol. The maximum absolute atomic E-state index is 11.2. The highest BCUT2D eigenvalue weighted by atomic mass is 16.4. The van der Waals surface area contributed by atoms with Crippen molar-refractivity contribution < 1.29 is 9.21 Å². The summed E-state index contributed by atoms with van der Waals surface area (Å²) in [5.74, 6) is 1.60. The van der Waals surface area contributed by atoms with Gasteiger partial charge >= 0.3 is 0 Å². The first-order chi connectivity index (χ1) is 15.1. The van der Waals surface area contributed by atoms with E-state index in [2.05, 4.69) is 58.7 Å². The lowest BCUT2D eigenvalue weighted by molar-refractivity contribution is -0.119. The van der Waals surface area contributed by atoms with E-state index in [0.29, 0.717) is 11.9 Å². The number of likely N-dealkylation sites (tertiary alicyclic amines) is 1. The van der Waals surface area contributed by atoms with E-state index >= 15 is 0 Å². The van der Waals surface area contributed by atoms with Gasteiger partial charge in [0.2, 0.25) is 11.8 Å². The van der Waals surface area contributed by atoms with Crippen LogP contribution < -0.4 is 5.32 Å². The topological polar surface area (TPSA) is 58.4 Å². The summed E-state index contributed by atoms with van der Waals surface area (Å²) in [5.41, 5.74) is 4.39. The van der Waals surface area contributed by atoms with Gasteiger partial charge in [-0.3, -0.25) is 9.69 Å². The molecule has 2 heterocycles. The maximum atomic E-state index is 11.2. The molecule has 1 unspecified atom stereocenters. The number of piperidine rings is 1. The van der Waals surface area contributed by atoms with Crippen LogP contribution in [0.3, 0.4) is 0 Å². The minimum absolute atomic E-state index is 0.0395. The summed E-state index contributed by atoms with van der Waals surface area (Å²) in [4.78, 5) is 18.5. The first-order valence-corrected chi connectivity index (χ1v) is 11.2. The Kier molecular flexibility index (Phi) is 6.82. The van der Waals surface area contributed by atoms with Gasteiger partial charge in [0.05, 0.1) is 5.69 Å². The van der Waals surface area contributed by atoms with Crippen molar-refractivity contribution >= 4 is 5.91 Å². The Morgan fingerprint density at radius 1 is 1.06 bits per heavy atom. The fourth-order valence-corrected chi connectivity index (χ4v) is 4.34. The quantitative estimate of drug-likeness (QED) is 0.574. The van der Waals surface area contributed by atoms with Gasteiger partial charge in [0, 0.05) is 31.6 Å². The number of oxazole rings is 1. The smallest absolute Gasteiger partial charge is 0.226 e. The second kappa shape index (κ2) is 9.92. The number of aryl methyl sites for hydroxylation is 1. The Hall–Kier alpha value is -2.92. The normalized spacial score (nSPS) is 16.9. The maximum Gasteiger partial charge on any atom is 0.226 e. The second-order valence-corrected chi connectivity index (χ2v) is 8.36. The van der Waals surface area contributed by atoms with E-state index in [1.807, 2.05) is 13.0 Å². The van der Waals surface area contributed by atoms with Crippen molar-refractivity contribution in [1.82, 2.24) is 15.2 Å². The third-order valence-corrected chi connectivity index (χ3v) is 6.09. The Morgan fingerprint density at radius 3 is 2.52 bits per heavy atom. The lowest BCUT2D eigenvalue weighted by Gasteiger charge is -2.35. The molecule has 2 aromatic carbocycles. The number of nitrogens with zero attached hydrogens (tertiary/aromatic N) is 2. The Bertz CT molecular complexity index is 995. The first-order valence-electron chi connectivity index (χ1n) is 11.2. The summed E-state index contributed by atoms with van der Waals surface area (Å²) in [6, 6.07) is 19.2. The van der Waals surface area contributed by atoms with Gasteiger partial charge in [-0.1, -0.05) is 48.9 Å². The molecule has 1 saturated heterocycles. The highest BCUT2D eigenvalue weighted by Crippen LogP contribution is 2.28. The molecule has 0 aliphatic carbocycles. The average molecular weight is 418 g/mol. The summed E-state index contributed by atoms with van der Waals surface area (Å²) in [6.45, 7) is 6.17. The molecule has 5 nitrogen and oxygen atoms in total. The number of rotatable bonds is 7. The third-order valence-electron chi connectivity index (χ3n) is 6.09.